The summed E-state index contributed by atoms with van der Waals surface area (Å²) >= 11 is 0. The summed E-state index contributed by atoms with van der Waals surface area (Å²) in [5, 5.41) is 20.0. The van der Waals surface area contributed by atoms with Crippen LogP contribution in [0.1, 0.15) is 136 Å². The van der Waals surface area contributed by atoms with E-state index in [9.17, 15) is 15.0 Å². The van der Waals surface area contributed by atoms with E-state index in [2.05, 4.69) is 6.92 Å². The summed E-state index contributed by atoms with van der Waals surface area (Å²) in [5.41, 5.74) is 0. The number of aliphatic hydroxyl groups is 1. The molecule has 32 heavy (non-hydrogen) atoms. The van der Waals surface area contributed by atoms with E-state index in [0.29, 0.717) is 12.8 Å². The Morgan fingerprint density at radius 3 is 1.91 bits per heavy atom. The fraction of sp³-hybridized carbons (Fsp3) is 0.963. The number of carbonyl (C=O) groups is 1. The lowest BCUT2D eigenvalue weighted by atomic mass is 9.92. The summed E-state index contributed by atoms with van der Waals surface area (Å²) in [6, 6.07) is 0. The second-order valence-electron chi connectivity index (χ2n) is 9.88. The first-order chi connectivity index (χ1) is 15.5. The molecule has 3 unspecified atom stereocenters. The van der Waals surface area contributed by atoms with Crippen molar-refractivity contribution in [1.29, 1.82) is 0 Å². The Morgan fingerprint density at radius 2 is 1.44 bits per heavy atom. The minimum absolute atomic E-state index is 0.203. The molecule has 0 amide bonds. The quantitative estimate of drug-likeness (QED) is 0.178. The van der Waals surface area contributed by atoms with Crippen molar-refractivity contribution in [3.05, 3.63) is 0 Å². The van der Waals surface area contributed by atoms with Gasteiger partial charge in [-0.2, -0.15) is 0 Å². The van der Waals surface area contributed by atoms with E-state index in [0.717, 1.165) is 45.1 Å². The highest BCUT2D eigenvalue weighted by molar-refractivity contribution is 5.70. The van der Waals surface area contributed by atoms with Gasteiger partial charge in [0.25, 0.3) is 0 Å². The SMILES string of the molecule is CCCCCCCCCCCCCCCC[C@@H](C(=O)O)C(O)CC(C)OC1CCCCO1. The molecule has 0 aromatic carbocycles. The monoisotopic (exact) mass is 456 g/mol. The van der Waals surface area contributed by atoms with Gasteiger partial charge in [0, 0.05) is 13.0 Å². The maximum absolute atomic E-state index is 11.7. The highest BCUT2D eigenvalue weighted by atomic mass is 16.7. The van der Waals surface area contributed by atoms with Crippen LogP contribution in [0.15, 0.2) is 0 Å². The number of unbranched alkanes of at least 4 members (excludes halogenated alkanes) is 13. The molecule has 4 atom stereocenters. The normalized spacial score (nSPS) is 19.5. The number of aliphatic hydroxyl groups excluding tert-OH is 1. The first kappa shape index (κ1) is 29.4. The first-order valence-electron chi connectivity index (χ1n) is 13.7. The van der Waals surface area contributed by atoms with Crippen molar-refractivity contribution in [2.24, 2.45) is 5.92 Å². The Labute approximate surface area is 197 Å². The molecular weight excluding hydrogens is 404 g/mol. The van der Waals surface area contributed by atoms with Crippen molar-refractivity contribution < 1.29 is 24.5 Å². The van der Waals surface area contributed by atoms with E-state index < -0.39 is 18.0 Å². The van der Waals surface area contributed by atoms with Crippen LogP contribution in [0.25, 0.3) is 0 Å². The third-order valence-electron chi connectivity index (χ3n) is 6.75. The Kier molecular flexibility index (Phi) is 18.2. The molecule has 5 nitrogen and oxygen atoms in total. The van der Waals surface area contributed by atoms with Gasteiger partial charge in [0.05, 0.1) is 18.1 Å². The summed E-state index contributed by atoms with van der Waals surface area (Å²) in [7, 11) is 0. The largest absolute Gasteiger partial charge is 0.481 e. The molecule has 0 spiro atoms. The average Bonchev–Trinajstić information content (AvgIpc) is 2.76. The van der Waals surface area contributed by atoms with Gasteiger partial charge < -0.3 is 19.7 Å². The maximum Gasteiger partial charge on any atom is 0.309 e. The van der Waals surface area contributed by atoms with Crippen LogP contribution in [0.4, 0.5) is 0 Å². The second-order valence-corrected chi connectivity index (χ2v) is 9.88. The van der Waals surface area contributed by atoms with E-state index in [1.165, 1.54) is 70.6 Å². The van der Waals surface area contributed by atoms with Gasteiger partial charge in [-0.05, 0) is 32.6 Å². The molecule has 0 aromatic heterocycles. The zero-order chi connectivity index (χ0) is 23.4. The van der Waals surface area contributed by atoms with Crippen LogP contribution in [0.2, 0.25) is 0 Å². The third-order valence-corrected chi connectivity index (χ3v) is 6.75. The van der Waals surface area contributed by atoms with Crippen LogP contribution < -0.4 is 0 Å². The lowest BCUT2D eigenvalue weighted by Gasteiger charge is -2.28. The van der Waals surface area contributed by atoms with Gasteiger partial charge in [-0.1, -0.05) is 96.8 Å². The van der Waals surface area contributed by atoms with Crippen LogP contribution in [0.5, 0.6) is 0 Å². The molecule has 0 radical (unpaired) electrons. The van der Waals surface area contributed by atoms with Gasteiger partial charge in [0.1, 0.15) is 0 Å². The summed E-state index contributed by atoms with van der Waals surface area (Å²) in [6.45, 7) is 4.88. The fourth-order valence-corrected chi connectivity index (χ4v) is 4.68. The first-order valence-corrected chi connectivity index (χ1v) is 13.7. The zero-order valence-electron chi connectivity index (χ0n) is 21.1. The molecule has 0 aromatic rings. The summed E-state index contributed by atoms with van der Waals surface area (Å²) in [4.78, 5) is 11.7. The van der Waals surface area contributed by atoms with Crippen molar-refractivity contribution in [1.82, 2.24) is 0 Å². The fourth-order valence-electron chi connectivity index (χ4n) is 4.68. The lowest BCUT2D eigenvalue weighted by Crippen LogP contribution is -2.34. The van der Waals surface area contributed by atoms with Gasteiger partial charge >= 0.3 is 5.97 Å². The van der Waals surface area contributed by atoms with Gasteiger partial charge in [-0.3, -0.25) is 4.79 Å². The molecule has 1 saturated heterocycles. The van der Waals surface area contributed by atoms with Crippen LogP contribution in [0.3, 0.4) is 0 Å². The molecule has 5 heteroatoms. The topological polar surface area (TPSA) is 76.0 Å². The van der Waals surface area contributed by atoms with Crippen molar-refractivity contribution in [2.75, 3.05) is 6.61 Å². The van der Waals surface area contributed by atoms with Crippen LogP contribution in [0, 0.1) is 5.92 Å². The average molecular weight is 457 g/mol. The lowest BCUT2D eigenvalue weighted by molar-refractivity contribution is -0.190. The molecule has 1 aliphatic heterocycles. The predicted octanol–water partition coefficient (Wildman–Crippen LogP) is 7.24. The van der Waals surface area contributed by atoms with E-state index in [4.69, 9.17) is 9.47 Å². The molecule has 1 fully saturated rings. The molecule has 1 heterocycles. The number of rotatable bonds is 21. The molecule has 1 aliphatic rings. The molecular formula is C27H52O5. The highest BCUT2D eigenvalue weighted by Crippen LogP contribution is 2.22. The molecule has 0 bridgehead atoms. The minimum atomic E-state index is -0.895. The number of ether oxygens (including phenoxy) is 2. The van der Waals surface area contributed by atoms with Gasteiger partial charge in [-0.25, -0.2) is 0 Å². The van der Waals surface area contributed by atoms with E-state index in [1.54, 1.807) is 0 Å². The van der Waals surface area contributed by atoms with Crippen molar-refractivity contribution in [2.45, 2.75) is 154 Å². The molecule has 0 saturated carbocycles. The number of hydrogen-bond acceptors (Lipinski definition) is 4. The number of hydrogen-bond donors (Lipinski definition) is 2. The maximum atomic E-state index is 11.7. The minimum Gasteiger partial charge on any atom is -0.481 e. The molecule has 2 N–H and O–H groups in total. The van der Waals surface area contributed by atoms with Crippen molar-refractivity contribution in [3.63, 3.8) is 0 Å². The number of carboxylic acids is 1. The van der Waals surface area contributed by atoms with Gasteiger partial charge in [0.15, 0.2) is 6.29 Å². The van der Waals surface area contributed by atoms with E-state index in [-0.39, 0.29) is 12.4 Å². The summed E-state index contributed by atoms with van der Waals surface area (Å²) in [5.74, 6) is -1.60. The van der Waals surface area contributed by atoms with Crippen LogP contribution >= 0.6 is 0 Å². The highest BCUT2D eigenvalue weighted by Gasteiger charge is 2.28. The smallest absolute Gasteiger partial charge is 0.309 e. The molecule has 1 rings (SSSR count). The Balaban J connectivity index is 2.03. The Bertz CT molecular complexity index is 436. The summed E-state index contributed by atoms with van der Waals surface area (Å²) in [6.07, 6.45) is 20.6. The number of aliphatic carboxylic acids is 1. The standard InChI is InChI=1S/C27H52O5/c1-3-4-5-6-7-8-9-10-11-12-13-14-15-16-19-24(27(29)30)25(28)22-23(2)32-26-20-17-18-21-31-26/h23-26,28H,3-22H2,1-2H3,(H,29,30)/t23?,24-,25?,26?/m1/s1. The van der Waals surface area contributed by atoms with Gasteiger partial charge in [-0.15, -0.1) is 0 Å². The Morgan fingerprint density at radius 1 is 0.906 bits per heavy atom. The van der Waals surface area contributed by atoms with Crippen molar-refractivity contribution >= 4 is 5.97 Å². The van der Waals surface area contributed by atoms with Crippen LogP contribution in [-0.4, -0.2) is 41.3 Å². The molecule has 0 aliphatic carbocycles. The summed E-state index contributed by atoms with van der Waals surface area (Å²) < 4.78 is 11.4. The van der Waals surface area contributed by atoms with Crippen LogP contribution in [-0.2, 0) is 14.3 Å². The number of carboxylic acid groups (broad SMARTS) is 1. The van der Waals surface area contributed by atoms with Crippen molar-refractivity contribution in [3.8, 4) is 0 Å². The predicted molar refractivity (Wildman–Crippen MR) is 131 cm³/mol. The Hall–Kier alpha value is -0.650. The van der Waals surface area contributed by atoms with E-state index >= 15 is 0 Å². The zero-order valence-corrected chi connectivity index (χ0v) is 21.1. The second kappa shape index (κ2) is 19.8. The van der Waals surface area contributed by atoms with E-state index in [1.807, 2.05) is 6.92 Å². The molecule has 190 valence electrons. The van der Waals surface area contributed by atoms with Gasteiger partial charge in [0.2, 0.25) is 0 Å². The third kappa shape index (κ3) is 15.2.